The number of benzene rings is 2. The van der Waals surface area contributed by atoms with Crippen LogP contribution in [0.4, 0.5) is 17.1 Å². The van der Waals surface area contributed by atoms with Gasteiger partial charge in [0.2, 0.25) is 11.8 Å². The second-order valence-corrected chi connectivity index (χ2v) is 8.99. The van der Waals surface area contributed by atoms with Gasteiger partial charge < -0.3 is 20.1 Å². The van der Waals surface area contributed by atoms with Gasteiger partial charge in [0.05, 0.1) is 23.0 Å². The Bertz CT molecular complexity index is 1240. The summed E-state index contributed by atoms with van der Waals surface area (Å²) in [4.78, 5) is 43.0. The molecule has 4 rings (SSSR count). The molecule has 1 aromatic heterocycles. The smallest absolute Gasteiger partial charge is 0.268 e. The number of fused-ring (bicyclic) bond motifs is 1. The molecule has 0 spiro atoms. The van der Waals surface area contributed by atoms with Crippen molar-refractivity contribution in [2.24, 2.45) is 0 Å². The Hall–Kier alpha value is -3.76. The van der Waals surface area contributed by atoms with E-state index in [1.54, 1.807) is 55.7 Å². The third kappa shape index (κ3) is 5.84. The Morgan fingerprint density at radius 1 is 1.14 bits per heavy atom. The number of hydrogen-bond acceptors (Lipinski definition) is 7. The molecule has 0 radical (unpaired) electrons. The normalized spacial score (nSPS) is 14.8. The van der Waals surface area contributed by atoms with Crippen LogP contribution in [0.5, 0.6) is 5.75 Å². The number of ether oxygens (including phenoxy) is 2. The van der Waals surface area contributed by atoms with Crippen LogP contribution in [0, 0.1) is 0 Å². The van der Waals surface area contributed by atoms with Gasteiger partial charge in [-0.25, -0.2) is 4.98 Å². The number of nitrogens with one attached hydrogen (secondary N) is 2. The lowest BCUT2D eigenvalue weighted by Gasteiger charge is -2.32. The van der Waals surface area contributed by atoms with Crippen LogP contribution in [0.15, 0.2) is 47.8 Å². The van der Waals surface area contributed by atoms with Gasteiger partial charge in [0.25, 0.3) is 5.91 Å². The van der Waals surface area contributed by atoms with Gasteiger partial charge in [0.15, 0.2) is 6.10 Å². The third-order valence-corrected chi connectivity index (χ3v) is 6.23. The van der Waals surface area contributed by atoms with E-state index in [4.69, 9.17) is 9.47 Å². The summed E-state index contributed by atoms with van der Waals surface area (Å²) in [6.07, 6.45) is 0.0153. The average molecular weight is 495 g/mol. The first-order valence-electron chi connectivity index (χ1n) is 11.1. The highest BCUT2D eigenvalue weighted by molar-refractivity contribution is 7.09. The van der Waals surface area contributed by atoms with Gasteiger partial charge in [0, 0.05) is 42.8 Å². The first-order chi connectivity index (χ1) is 16.8. The Morgan fingerprint density at radius 2 is 1.86 bits per heavy atom. The van der Waals surface area contributed by atoms with E-state index < -0.39 is 6.10 Å². The highest BCUT2D eigenvalue weighted by Crippen LogP contribution is 2.37. The van der Waals surface area contributed by atoms with E-state index in [-0.39, 0.29) is 24.3 Å². The zero-order valence-corrected chi connectivity index (χ0v) is 20.5. The molecule has 2 aromatic carbocycles. The maximum absolute atomic E-state index is 12.9. The minimum Gasteiger partial charge on any atom is -0.479 e. The molecule has 1 unspecified atom stereocenters. The number of aromatic nitrogens is 1. The lowest BCUT2D eigenvalue weighted by molar-refractivity contribution is -0.127. The van der Waals surface area contributed by atoms with Crippen molar-refractivity contribution in [2.75, 3.05) is 35.8 Å². The van der Waals surface area contributed by atoms with E-state index in [1.165, 1.54) is 11.8 Å². The van der Waals surface area contributed by atoms with Gasteiger partial charge in [-0.1, -0.05) is 0 Å². The Morgan fingerprint density at radius 3 is 2.54 bits per heavy atom. The average Bonchev–Trinajstić information content (AvgIpc) is 3.30. The van der Waals surface area contributed by atoms with Crippen molar-refractivity contribution in [3.8, 4) is 17.0 Å². The molecule has 10 heteroatoms. The molecular weight excluding hydrogens is 468 g/mol. The van der Waals surface area contributed by atoms with Crippen LogP contribution in [-0.4, -0.2) is 49.1 Å². The predicted octanol–water partition coefficient (Wildman–Crippen LogP) is 3.71. The quantitative estimate of drug-likeness (QED) is 0.494. The van der Waals surface area contributed by atoms with Gasteiger partial charge in [-0.15, -0.1) is 11.3 Å². The van der Waals surface area contributed by atoms with Crippen LogP contribution < -0.4 is 20.3 Å². The SMILES string of the molecule is COCCc1nc(-c2ccc3c(c2)N(CC(=O)Nc2ccc(NC(C)=O)cc2)C(=O)C(C)O3)cs1. The molecule has 0 aliphatic carbocycles. The Balaban J connectivity index is 1.52. The Kier molecular flexibility index (Phi) is 7.42. The minimum absolute atomic E-state index is 0.174. The molecule has 1 atom stereocenters. The van der Waals surface area contributed by atoms with E-state index >= 15 is 0 Å². The second kappa shape index (κ2) is 10.7. The largest absolute Gasteiger partial charge is 0.479 e. The molecule has 2 N–H and O–H groups in total. The predicted molar refractivity (Wildman–Crippen MR) is 135 cm³/mol. The molecule has 3 amide bonds. The number of nitrogens with zero attached hydrogens (tertiary/aromatic N) is 2. The monoisotopic (exact) mass is 494 g/mol. The molecule has 0 bridgehead atoms. The summed E-state index contributed by atoms with van der Waals surface area (Å²) < 4.78 is 10.9. The van der Waals surface area contributed by atoms with Gasteiger partial charge in [-0.2, -0.15) is 0 Å². The van der Waals surface area contributed by atoms with Crippen LogP contribution in [0.1, 0.15) is 18.9 Å². The first kappa shape index (κ1) is 24.4. The van der Waals surface area contributed by atoms with Crippen molar-refractivity contribution in [2.45, 2.75) is 26.4 Å². The van der Waals surface area contributed by atoms with E-state index in [1.807, 2.05) is 17.5 Å². The van der Waals surface area contributed by atoms with Crippen LogP contribution >= 0.6 is 11.3 Å². The fraction of sp³-hybridized carbons (Fsp3) is 0.280. The molecule has 2 heterocycles. The molecule has 182 valence electrons. The van der Waals surface area contributed by atoms with E-state index in [2.05, 4.69) is 15.6 Å². The van der Waals surface area contributed by atoms with Crippen molar-refractivity contribution < 1.29 is 23.9 Å². The van der Waals surface area contributed by atoms with E-state index in [9.17, 15) is 14.4 Å². The minimum atomic E-state index is -0.710. The summed E-state index contributed by atoms with van der Waals surface area (Å²) in [6.45, 7) is 3.50. The number of thiazole rings is 1. The lowest BCUT2D eigenvalue weighted by Crippen LogP contribution is -2.47. The van der Waals surface area contributed by atoms with Crippen molar-refractivity contribution in [1.29, 1.82) is 0 Å². The standard InChI is InChI=1S/C25H26N4O5S/c1-15-25(32)29(13-23(31)27-19-7-5-18(6-8-19)26-16(2)30)21-12-17(4-9-22(21)34-15)20-14-35-24(28-20)10-11-33-3/h4-9,12,14-15H,10-11,13H2,1-3H3,(H,26,30)(H,27,31). The Labute approximate surface area is 207 Å². The van der Waals surface area contributed by atoms with Crippen LogP contribution in [0.3, 0.4) is 0 Å². The van der Waals surface area contributed by atoms with Crippen molar-refractivity contribution in [1.82, 2.24) is 4.98 Å². The highest BCUT2D eigenvalue weighted by atomic mass is 32.1. The van der Waals surface area contributed by atoms with Crippen molar-refractivity contribution in [3.63, 3.8) is 0 Å². The first-order valence-corrected chi connectivity index (χ1v) is 12.0. The number of carbonyl (C=O) groups is 3. The summed E-state index contributed by atoms with van der Waals surface area (Å²) >= 11 is 1.55. The zero-order chi connectivity index (χ0) is 24.9. The van der Waals surface area contributed by atoms with Crippen LogP contribution in [-0.2, 0) is 25.5 Å². The maximum atomic E-state index is 12.9. The number of carbonyl (C=O) groups excluding carboxylic acids is 3. The number of amides is 3. The maximum Gasteiger partial charge on any atom is 0.268 e. The zero-order valence-electron chi connectivity index (χ0n) is 19.7. The van der Waals surface area contributed by atoms with Gasteiger partial charge in [0.1, 0.15) is 12.3 Å². The fourth-order valence-electron chi connectivity index (χ4n) is 3.66. The molecule has 0 fully saturated rings. The van der Waals surface area contributed by atoms with Crippen molar-refractivity contribution in [3.05, 3.63) is 52.9 Å². The molecule has 0 saturated carbocycles. The fourth-order valence-corrected chi connectivity index (χ4v) is 4.45. The molecule has 1 aliphatic rings. The van der Waals surface area contributed by atoms with Gasteiger partial charge in [-0.05, 0) is 49.4 Å². The summed E-state index contributed by atoms with van der Waals surface area (Å²) in [5.74, 6) is -0.303. The third-order valence-electron chi connectivity index (χ3n) is 5.33. The summed E-state index contributed by atoms with van der Waals surface area (Å²) in [5.41, 5.74) is 3.32. The second-order valence-electron chi connectivity index (χ2n) is 8.04. The van der Waals surface area contributed by atoms with Gasteiger partial charge >= 0.3 is 0 Å². The van der Waals surface area contributed by atoms with Gasteiger partial charge in [-0.3, -0.25) is 19.3 Å². The molecule has 1 aliphatic heterocycles. The summed E-state index contributed by atoms with van der Waals surface area (Å²) in [6, 6.07) is 12.3. The van der Waals surface area contributed by atoms with Crippen LogP contribution in [0.25, 0.3) is 11.3 Å². The van der Waals surface area contributed by atoms with Crippen molar-refractivity contribution >= 4 is 46.1 Å². The number of hydrogen-bond donors (Lipinski definition) is 2. The highest BCUT2D eigenvalue weighted by Gasteiger charge is 2.33. The topological polar surface area (TPSA) is 110 Å². The molecular formula is C25H26N4O5S. The van der Waals surface area contributed by atoms with E-state index in [0.29, 0.717) is 29.4 Å². The summed E-state index contributed by atoms with van der Waals surface area (Å²) in [7, 11) is 1.65. The van der Waals surface area contributed by atoms with E-state index in [0.717, 1.165) is 22.7 Å². The summed E-state index contributed by atoms with van der Waals surface area (Å²) in [5, 5.41) is 8.39. The molecule has 35 heavy (non-hydrogen) atoms. The molecule has 9 nitrogen and oxygen atoms in total. The number of rotatable bonds is 8. The molecule has 0 saturated heterocycles. The molecule has 3 aromatic rings. The lowest BCUT2D eigenvalue weighted by atomic mass is 10.1. The number of methoxy groups -OCH3 is 1. The number of anilines is 3. The van der Waals surface area contributed by atoms with Crippen LogP contribution in [0.2, 0.25) is 0 Å².